The van der Waals surface area contributed by atoms with Crippen molar-refractivity contribution in [2.24, 2.45) is 0 Å². The summed E-state index contributed by atoms with van der Waals surface area (Å²) >= 11 is 3.48. The van der Waals surface area contributed by atoms with E-state index in [0.29, 0.717) is 5.09 Å². The van der Waals surface area contributed by atoms with Gasteiger partial charge in [-0.15, -0.1) is 0 Å². The Morgan fingerprint density at radius 1 is 1.47 bits per heavy atom. The first-order chi connectivity index (χ1) is 7.24. The molecule has 0 amide bonds. The molecule has 0 unspecified atom stereocenters. The Morgan fingerprint density at radius 3 is 2.87 bits per heavy atom. The molecule has 0 fully saturated rings. The maximum atomic E-state index is 10.5. The zero-order valence-electron chi connectivity index (χ0n) is 8.56. The monoisotopic (exact) mass is 246 g/mol. The standard InChI is InChI=1S/C10H14O3S2/c1-2-14-6-3-7-15-9-5-4-8(13-9)10(11)12/h4-5H,2-3,6-7H2,1H3,(H,11,12). The van der Waals surface area contributed by atoms with E-state index < -0.39 is 5.97 Å². The van der Waals surface area contributed by atoms with Gasteiger partial charge in [0.15, 0.2) is 5.09 Å². The summed E-state index contributed by atoms with van der Waals surface area (Å²) in [6, 6.07) is 3.20. The highest BCUT2D eigenvalue weighted by molar-refractivity contribution is 8.00. The normalized spacial score (nSPS) is 10.5. The van der Waals surface area contributed by atoms with Crippen LogP contribution in [0.3, 0.4) is 0 Å². The summed E-state index contributed by atoms with van der Waals surface area (Å²) in [6.07, 6.45) is 1.12. The molecule has 0 aromatic carbocycles. The van der Waals surface area contributed by atoms with Crippen molar-refractivity contribution in [2.45, 2.75) is 18.4 Å². The molecule has 5 heteroatoms. The summed E-state index contributed by atoms with van der Waals surface area (Å²) in [6.45, 7) is 2.14. The Balaban J connectivity index is 2.23. The number of furan rings is 1. The molecule has 15 heavy (non-hydrogen) atoms. The van der Waals surface area contributed by atoms with Crippen LogP contribution in [-0.4, -0.2) is 28.3 Å². The molecule has 0 aliphatic rings. The summed E-state index contributed by atoms with van der Waals surface area (Å²) in [4.78, 5) is 10.5. The lowest BCUT2D eigenvalue weighted by Crippen LogP contribution is -1.91. The first-order valence-corrected chi connectivity index (χ1v) is 6.91. The Bertz CT molecular complexity index is 309. The van der Waals surface area contributed by atoms with Crippen LogP contribution in [0.2, 0.25) is 0 Å². The first kappa shape index (κ1) is 12.5. The van der Waals surface area contributed by atoms with Crippen LogP contribution in [0.5, 0.6) is 0 Å². The number of thioether (sulfide) groups is 2. The van der Waals surface area contributed by atoms with Crippen LogP contribution >= 0.6 is 23.5 Å². The Labute approximate surface area is 97.6 Å². The largest absolute Gasteiger partial charge is 0.475 e. The van der Waals surface area contributed by atoms with E-state index in [9.17, 15) is 4.79 Å². The third kappa shape index (κ3) is 4.66. The van der Waals surface area contributed by atoms with Crippen LogP contribution in [0.25, 0.3) is 0 Å². The van der Waals surface area contributed by atoms with Gasteiger partial charge in [-0.25, -0.2) is 4.79 Å². The van der Waals surface area contributed by atoms with Crippen molar-refractivity contribution >= 4 is 29.5 Å². The average Bonchev–Trinajstić information content (AvgIpc) is 2.66. The molecule has 1 rings (SSSR count). The van der Waals surface area contributed by atoms with Gasteiger partial charge in [0.05, 0.1) is 0 Å². The van der Waals surface area contributed by atoms with Gasteiger partial charge in [-0.2, -0.15) is 11.8 Å². The predicted octanol–water partition coefficient (Wildman–Crippen LogP) is 3.21. The molecule has 1 N–H and O–H groups in total. The second-order valence-electron chi connectivity index (χ2n) is 2.82. The molecule has 3 nitrogen and oxygen atoms in total. The quantitative estimate of drug-likeness (QED) is 0.591. The molecular formula is C10H14O3S2. The second kappa shape index (κ2) is 6.85. The molecule has 0 atom stereocenters. The van der Waals surface area contributed by atoms with E-state index in [1.165, 1.54) is 6.07 Å². The topological polar surface area (TPSA) is 50.4 Å². The zero-order chi connectivity index (χ0) is 11.1. The van der Waals surface area contributed by atoms with Gasteiger partial charge < -0.3 is 9.52 Å². The number of carboxylic acid groups (broad SMARTS) is 1. The summed E-state index contributed by atoms with van der Waals surface area (Å²) in [5.74, 6) is 2.27. The lowest BCUT2D eigenvalue weighted by molar-refractivity contribution is 0.0656. The first-order valence-electron chi connectivity index (χ1n) is 4.77. The SMILES string of the molecule is CCSCCCSc1ccc(C(=O)O)o1. The molecule has 84 valence electrons. The molecule has 0 bridgehead atoms. The fourth-order valence-electron chi connectivity index (χ4n) is 0.991. The molecule has 0 spiro atoms. The van der Waals surface area contributed by atoms with Crippen molar-refractivity contribution in [3.8, 4) is 0 Å². The third-order valence-electron chi connectivity index (χ3n) is 1.67. The van der Waals surface area contributed by atoms with Crippen molar-refractivity contribution < 1.29 is 14.3 Å². The maximum absolute atomic E-state index is 10.5. The highest BCUT2D eigenvalue weighted by Crippen LogP contribution is 2.22. The van der Waals surface area contributed by atoms with Gasteiger partial charge >= 0.3 is 5.97 Å². The van der Waals surface area contributed by atoms with E-state index >= 15 is 0 Å². The van der Waals surface area contributed by atoms with Crippen molar-refractivity contribution in [1.29, 1.82) is 0 Å². The number of rotatable bonds is 7. The highest BCUT2D eigenvalue weighted by atomic mass is 32.2. The van der Waals surface area contributed by atoms with Crippen molar-refractivity contribution in [3.05, 3.63) is 17.9 Å². The van der Waals surface area contributed by atoms with Gasteiger partial charge in [0.25, 0.3) is 0 Å². The fraction of sp³-hybridized carbons (Fsp3) is 0.500. The second-order valence-corrected chi connectivity index (χ2v) is 5.32. The van der Waals surface area contributed by atoms with Gasteiger partial charge in [-0.05, 0) is 30.1 Å². The van der Waals surface area contributed by atoms with E-state index in [2.05, 4.69) is 6.92 Å². The third-order valence-corrected chi connectivity index (χ3v) is 3.66. The molecule has 0 aliphatic heterocycles. The molecule has 0 aliphatic carbocycles. The number of hydrogen-bond acceptors (Lipinski definition) is 4. The van der Waals surface area contributed by atoms with Crippen LogP contribution in [0.1, 0.15) is 23.9 Å². The van der Waals surface area contributed by atoms with Gasteiger partial charge in [-0.3, -0.25) is 0 Å². The van der Waals surface area contributed by atoms with Gasteiger partial charge in [0.2, 0.25) is 5.76 Å². The smallest absolute Gasteiger partial charge is 0.371 e. The minimum absolute atomic E-state index is 0.0143. The Hall–Kier alpha value is -0.550. The van der Waals surface area contributed by atoms with Crippen molar-refractivity contribution in [1.82, 2.24) is 0 Å². The van der Waals surface area contributed by atoms with Gasteiger partial charge in [0, 0.05) is 5.75 Å². The highest BCUT2D eigenvalue weighted by Gasteiger charge is 2.08. The molecule has 1 heterocycles. The number of hydrogen-bond donors (Lipinski definition) is 1. The van der Waals surface area contributed by atoms with Crippen LogP contribution in [-0.2, 0) is 0 Å². The molecule has 0 saturated carbocycles. The molecule has 0 saturated heterocycles. The van der Waals surface area contributed by atoms with Crippen molar-refractivity contribution in [3.63, 3.8) is 0 Å². The molecule has 1 aromatic heterocycles. The van der Waals surface area contributed by atoms with Crippen LogP contribution in [0.15, 0.2) is 21.6 Å². The van der Waals surface area contributed by atoms with Gasteiger partial charge in [-0.1, -0.05) is 18.7 Å². The van der Waals surface area contributed by atoms with Crippen LogP contribution in [0, 0.1) is 0 Å². The van der Waals surface area contributed by atoms with E-state index in [-0.39, 0.29) is 5.76 Å². The number of aromatic carboxylic acids is 1. The lowest BCUT2D eigenvalue weighted by Gasteiger charge is -1.97. The Morgan fingerprint density at radius 2 is 2.27 bits per heavy atom. The summed E-state index contributed by atoms with van der Waals surface area (Å²) in [7, 11) is 0. The van der Waals surface area contributed by atoms with Crippen LogP contribution < -0.4 is 0 Å². The summed E-state index contributed by atoms with van der Waals surface area (Å²) in [5, 5.41) is 9.32. The summed E-state index contributed by atoms with van der Waals surface area (Å²) < 4.78 is 5.11. The number of carboxylic acids is 1. The average molecular weight is 246 g/mol. The maximum Gasteiger partial charge on any atom is 0.371 e. The Kier molecular flexibility index (Phi) is 5.71. The predicted molar refractivity (Wildman–Crippen MR) is 64.0 cm³/mol. The van der Waals surface area contributed by atoms with Crippen LogP contribution in [0.4, 0.5) is 0 Å². The minimum Gasteiger partial charge on any atom is -0.475 e. The van der Waals surface area contributed by atoms with E-state index in [1.54, 1.807) is 17.8 Å². The van der Waals surface area contributed by atoms with Gasteiger partial charge in [0.1, 0.15) is 0 Å². The van der Waals surface area contributed by atoms with E-state index in [1.807, 2.05) is 11.8 Å². The van der Waals surface area contributed by atoms with Crippen molar-refractivity contribution in [2.75, 3.05) is 17.3 Å². The number of carbonyl (C=O) groups is 1. The lowest BCUT2D eigenvalue weighted by atomic mass is 10.5. The summed E-state index contributed by atoms with van der Waals surface area (Å²) in [5.41, 5.74) is 0. The fourth-order valence-corrected chi connectivity index (χ4v) is 2.61. The molecule has 0 radical (unpaired) electrons. The van der Waals surface area contributed by atoms with E-state index in [4.69, 9.17) is 9.52 Å². The minimum atomic E-state index is -1.01. The molecule has 1 aromatic rings. The zero-order valence-corrected chi connectivity index (χ0v) is 10.2. The molecular weight excluding hydrogens is 232 g/mol. The van der Waals surface area contributed by atoms with E-state index in [0.717, 1.165) is 23.7 Å².